The van der Waals surface area contributed by atoms with Gasteiger partial charge in [-0.05, 0) is 38.4 Å². The van der Waals surface area contributed by atoms with Crippen LogP contribution in [0.3, 0.4) is 0 Å². The number of carboxylic acids is 1. The van der Waals surface area contributed by atoms with Crippen molar-refractivity contribution in [3.63, 3.8) is 0 Å². The van der Waals surface area contributed by atoms with Crippen LogP contribution in [0.15, 0.2) is 66.7 Å². The minimum atomic E-state index is -0.888. The summed E-state index contributed by atoms with van der Waals surface area (Å²) in [5.41, 5.74) is 0.350. The molecule has 4 aromatic rings. The highest BCUT2D eigenvalue weighted by atomic mass is 16.4. The van der Waals surface area contributed by atoms with E-state index in [0.717, 1.165) is 21.5 Å². The first-order chi connectivity index (χ1) is 10.3. The van der Waals surface area contributed by atoms with Gasteiger partial charge >= 0.3 is 5.97 Å². The van der Waals surface area contributed by atoms with Crippen molar-refractivity contribution in [3.05, 3.63) is 72.3 Å². The van der Waals surface area contributed by atoms with E-state index in [2.05, 4.69) is 24.3 Å². The summed E-state index contributed by atoms with van der Waals surface area (Å²) in [5.74, 6) is -0.888. The van der Waals surface area contributed by atoms with Crippen LogP contribution in [0.5, 0.6) is 0 Å². The van der Waals surface area contributed by atoms with Gasteiger partial charge in [-0.1, -0.05) is 60.7 Å². The van der Waals surface area contributed by atoms with Crippen LogP contribution >= 0.6 is 0 Å². The van der Waals surface area contributed by atoms with E-state index < -0.39 is 5.97 Å². The third kappa shape index (κ3) is 1.69. The van der Waals surface area contributed by atoms with Crippen LogP contribution in [0.25, 0.3) is 32.3 Å². The first kappa shape index (κ1) is 11.9. The number of carboxylic acid groups (broad SMARTS) is 1. The van der Waals surface area contributed by atoms with E-state index in [1.54, 1.807) is 12.1 Å². The van der Waals surface area contributed by atoms with Crippen LogP contribution < -0.4 is 0 Å². The number of benzene rings is 4. The first-order valence-electron chi connectivity index (χ1n) is 6.82. The van der Waals surface area contributed by atoms with Gasteiger partial charge in [-0.3, -0.25) is 0 Å². The quantitative estimate of drug-likeness (QED) is 0.503. The van der Waals surface area contributed by atoms with E-state index in [0.29, 0.717) is 5.56 Å². The standard InChI is InChI=1S/C19H12O2/c20-19(21)18-7-3-6-14-16-9-8-12-4-1-2-5-13(12)15(16)10-11-17(14)18/h1-11H,(H,20,21). The highest BCUT2D eigenvalue weighted by Gasteiger charge is 2.10. The molecule has 2 heteroatoms. The molecule has 1 N–H and O–H groups in total. The van der Waals surface area contributed by atoms with Crippen molar-refractivity contribution in [2.45, 2.75) is 0 Å². The van der Waals surface area contributed by atoms with Gasteiger partial charge in [0.05, 0.1) is 5.56 Å². The Hall–Kier alpha value is -2.87. The molecule has 0 spiro atoms. The summed E-state index contributed by atoms with van der Waals surface area (Å²) in [6.45, 7) is 0. The van der Waals surface area contributed by atoms with Gasteiger partial charge in [-0.2, -0.15) is 0 Å². The molecular weight excluding hydrogens is 260 g/mol. The highest BCUT2D eigenvalue weighted by Crippen LogP contribution is 2.32. The third-order valence-electron chi connectivity index (χ3n) is 4.01. The largest absolute Gasteiger partial charge is 0.478 e. The maximum Gasteiger partial charge on any atom is 0.336 e. The molecule has 0 atom stereocenters. The van der Waals surface area contributed by atoms with Crippen molar-refractivity contribution >= 4 is 38.3 Å². The molecule has 4 aromatic carbocycles. The predicted octanol–water partition coefficient (Wildman–Crippen LogP) is 4.84. The van der Waals surface area contributed by atoms with E-state index in [4.69, 9.17) is 0 Å². The van der Waals surface area contributed by atoms with E-state index >= 15 is 0 Å². The van der Waals surface area contributed by atoms with Gasteiger partial charge in [0, 0.05) is 0 Å². The van der Waals surface area contributed by atoms with Crippen molar-refractivity contribution < 1.29 is 9.90 Å². The monoisotopic (exact) mass is 272 g/mol. The van der Waals surface area contributed by atoms with Crippen LogP contribution in [0.1, 0.15) is 10.4 Å². The molecule has 21 heavy (non-hydrogen) atoms. The van der Waals surface area contributed by atoms with Crippen LogP contribution in [0.2, 0.25) is 0 Å². The fourth-order valence-corrected chi connectivity index (χ4v) is 3.04. The Bertz CT molecular complexity index is 1020. The van der Waals surface area contributed by atoms with Gasteiger partial charge < -0.3 is 5.11 Å². The Morgan fingerprint density at radius 1 is 0.619 bits per heavy atom. The second-order valence-corrected chi connectivity index (χ2v) is 5.15. The lowest BCUT2D eigenvalue weighted by Crippen LogP contribution is -1.97. The van der Waals surface area contributed by atoms with Gasteiger partial charge in [0.1, 0.15) is 0 Å². The molecule has 0 aliphatic carbocycles. The molecular formula is C19H12O2. The molecule has 2 nitrogen and oxygen atoms in total. The smallest absolute Gasteiger partial charge is 0.336 e. The minimum absolute atomic E-state index is 0.350. The number of hydrogen-bond donors (Lipinski definition) is 1. The second kappa shape index (κ2) is 4.32. The SMILES string of the molecule is O=C(O)c1cccc2c1ccc1c3ccccc3ccc21. The first-order valence-corrected chi connectivity index (χ1v) is 6.82. The Labute approximate surface area is 121 Å². The lowest BCUT2D eigenvalue weighted by Gasteiger charge is -2.09. The van der Waals surface area contributed by atoms with Gasteiger partial charge in [-0.15, -0.1) is 0 Å². The molecule has 0 aliphatic heterocycles. The fraction of sp³-hybridized carbons (Fsp3) is 0. The normalized spacial score (nSPS) is 11.2. The summed E-state index contributed by atoms with van der Waals surface area (Å²) >= 11 is 0. The van der Waals surface area contributed by atoms with Crippen molar-refractivity contribution in [2.24, 2.45) is 0 Å². The number of carbonyl (C=O) groups is 1. The minimum Gasteiger partial charge on any atom is -0.478 e. The molecule has 0 heterocycles. The Kier molecular flexibility index (Phi) is 2.45. The topological polar surface area (TPSA) is 37.3 Å². The average Bonchev–Trinajstić information content (AvgIpc) is 2.53. The van der Waals surface area contributed by atoms with E-state index in [1.807, 2.05) is 30.3 Å². The third-order valence-corrected chi connectivity index (χ3v) is 4.01. The van der Waals surface area contributed by atoms with E-state index in [9.17, 15) is 9.90 Å². The number of fused-ring (bicyclic) bond motifs is 5. The summed E-state index contributed by atoms with van der Waals surface area (Å²) in [6, 6.07) is 21.8. The Morgan fingerprint density at radius 3 is 2.10 bits per heavy atom. The molecule has 0 fully saturated rings. The summed E-state index contributed by atoms with van der Waals surface area (Å²) in [4.78, 5) is 11.4. The molecule has 0 amide bonds. The molecule has 0 aliphatic rings. The number of hydrogen-bond acceptors (Lipinski definition) is 1. The zero-order valence-corrected chi connectivity index (χ0v) is 11.2. The molecule has 0 bridgehead atoms. The van der Waals surface area contributed by atoms with Crippen molar-refractivity contribution in [2.75, 3.05) is 0 Å². The number of aromatic carboxylic acids is 1. The second-order valence-electron chi connectivity index (χ2n) is 5.15. The van der Waals surface area contributed by atoms with Crippen LogP contribution in [-0.2, 0) is 0 Å². The molecule has 0 unspecified atom stereocenters. The van der Waals surface area contributed by atoms with Gasteiger partial charge in [0.25, 0.3) is 0 Å². The zero-order chi connectivity index (χ0) is 14.4. The highest BCUT2D eigenvalue weighted by molar-refractivity contribution is 6.19. The summed E-state index contributed by atoms with van der Waals surface area (Å²) < 4.78 is 0. The molecule has 0 radical (unpaired) electrons. The molecule has 4 rings (SSSR count). The summed E-state index contributed by atoms with van der Waals surface area (Å²) in [7, 11) is 0. The lowest BCUT2D eigenvalue weighted by atomic mass is 9.95. The molecule has 0 aromatic heterocycles. The van der Waals surface area contributed by atoms with Crippen molar-refractivity contribution in [3.8, 4) is 0 Å². The molecule has 0 saturated heterocycles. The Balaban J connectivity index is 2.23. The maximum absolute atomic E-state index is 11.4. The van der Waals surface area contributed by atoms with Gasteiger partial charge in [0.2, 0.25) is 0 Å². The fourth-order valence-electron chi connectivity index (χ4n) is 3.04. The van der Waals surface area contributed by atoms with Crippen LogP contribution in [0.4, 0.5) is 0 Å². The summed E-state index contributed by atoms with van der Waals surface area (Å²) in [5, 5.41) is 15.7. The lowest BCUT2D eigenvalue weighted by molar-refractivity contribution is 0.0699. The molecule has 0 saturated carbocycles. The Morgan fingerprint density at radius 2 is 1.24 bits per heavy atom. The van der Waals surface area contributed by atoms with Crippen LogP contribution in [0, 0.1) is 0 Å². The predicted molar refractivity (Wildman–Crippen MR) is 85.9 cm³/mol. The van der Waals surface area contributed by atoms with Gasteiger partial charge in [0.15, 0.2) is 0 Å². The average molecular weight is 272 g/mol. The van der Waals surface area contributed by atoms with Crippen molar-refractivity contribution in [1.82, 2.24) is 0 Å². The zero-order valence-electron chi connectivity index (χ0n) is 11.2. The molecule has 100 valence electrons. The van der Waals surface area contributed by atoms with E-state index in [1.165, 1.54) is 10.8 Å². The summed E-state index contributed by atoms with van der Waals surface area (Å²) in [6.07, 6.45) is 0. The van der Waals surface area contributed by atoms with Crippen molar-refractivity contribution in [1.29, 1.82) is 0 Å². The van der Waals surface area contributed by atoms with E-state index in [-0.39, 0.29) is 0 Å². The van der Waals surface area contributed by atoms with Gasteiger partial charge in [-0.25, -0.2) is 4.79 Å². The van der Waals surface area contributed by atoms with Crippen LogP contribution in [-0.4, -0.2) is 11.1 Å². The maximum atomic E-state index is 11.4. The number of rotatable bonds is 1.